The van der Waals surface area contributed by atoms with Gasteiger partial charge in [0.1, 0.15) is 5.75 Å². The minimum absolute atomic E-state index is 0.00850. The van der Waals surface area contributed by atoms with Gasteiger partial charge in [0.2, 0.25) is 17.6 Å². The summed E-state index contributed by atoms with van der Waals surface area (Å²) in [7, 11) is 1.63. The molecule has 2 heterocycles. The van der Waals surface area contributed by atoms with E-state index in [4.69, 9.17) is 20.9 Å². The van der Waals surface area contributed by atoms with Crippen LogP contribution in [0, 0.1) is 0 Å². The van der Waals surface area contributed by atoms with Crippen molar-refractivity contribution in [3.63, 3.8) is 0 Å². The van der Waals surface area contributed by atoms with Crippen molar-refractivity contribution in [2.24, 2.45) is 0 Å². The highest BCUT2D eigenvalue weighted by Crippen LogP contribution is 2.20. The van der Waals surface area contributed by atoms with Gasteiger partial charge in [-0.15, -0.1) is 0 Å². The number of ether oxygens (including phenoxy) is 1. The van der Waals surface area contributed by atoms with Crippen LogP contribution in [0.3, 0.4) is 0 Å². The maximum absolute atomic E-state index is 12.5. The zero-order valence-electron chi connectivity index (χ0n) is 17.2. The van der Waals surface area contributed by atoms with Gasteiger partial charge in [-0.3, -0.25) is 9.69 Å². The van der Waals surface area contributed by atoms with Crippen LogP contribution in [0.25, 0.3) is 17.5 Å². The van der Waals surface area contributed by atoms with Crippen molar-refractivity contribution >= 4 is 23.6 Å². The maximum Gasteiger partial charge on any atom is 0.246 e. The molecule has 0 radical (unpaired) electrons. The van der Waals surface area contributed by atoms with Gasteiger partial charge in [0.15, 0.2) is 0 Å². The summed E-state index contributed by atoms with van der Waals surface area (Å²) in [5.74, 6) is 1.91. The van der Waals surface area contributed by atoms with Gasteiger partial charge in [-0.2, -0.15) is 4.98 Å². The number of piperazine rings is 1. The molecule has 1 aromatic heterocycles. The lowest BCUT2D eigenvalue weighted by Gasteiger charge is -2.33. The lowest BCUT2D eigenvalue weighted by molar-refractivity contribution is -0.127. The van der Waals surface area contributed by atoms with E-state index < -0.39 is 0 Å². The Hall–Kier alpha value is -3.16. The van der Waals surface area contributed by atoms with Gasteiger partial charge in [-0.1, -0.05) is 28.9 Å². The third kappa shape index (κ3) is 5.51. The number of benzene rings is 2. The zero-order chi connectivity index (χ0) is 21.6. The van der Waals surface area contributed by atoms with E-state index in [0.717, 1.165) is 30.0 Å². The lowest BCUT2D eigenvalue weighted by Crippen LogP contribution is -2.47. The van der Waals surface area contributed by atoms with Crippen LogP contribution in [0.2, 0.25) is 5.02 Å². The summed E-state index contributed by atoms with van der Waals surface area (Å²) >= 11 is 5.89. The number of hydrogen-bond acceptors (Lipinski definition) is 6. The minimum atomic E-state index is 0.00850. The molecule has 0 aliphatic carbocycles. The highest BCUT2D eigenvalue weighted by molar-refractivity contribution is 6.30. The summed E-state index contributed by atoms with van der Waals surface area (Å²) in [5, 5.41) is 4.75. The summed E-state index contributed by atoms with van der Waals surface area (Å²) < 4.78 is 10.6. The molecular weight excluding hydrogens is 416 g/mol. The van der Waals surface area contributed by atoms with E-state index >= 15 is 0 Å². The van der Waals surface area contributed by atoms with Crippen LogP contribution in [0.15, 0.2) is 59.1 Å². The average Bonchev–Trinajstić information content (AvgIpc) is 3.27. The number of halogens is 1. The van der Waals surface area contributed by atoms with Crippen LogP contribution in [0.5, 0.6) is 5.75 Å². The van der Waals surface area contributed by atoms with Crippen molar-refractivity contribution in [2.75, 3.05) is 33.3 Å². The SMILES string of the molecule is COc1ccc(-c2noc(CN3CCN(C(=O)/C=C/c4ccc(Cl)cc4)CC3)n2)cc1. The Morgan fingerprint density at radius 2 is 1.81 bits per heavy atom. The molecule has 8 heteroatoms. The quantitative estimate of drug-likeness (QED) is 0.546. The van der Waals surface area contributed by atoms with Crippen molar-refractivity contribution in [1.29, 1.82) is 0 Å². The smallest absolute Gasteiger partial charge is 0.246 e. The molecule has 1 aliphatic rings. The predicted octanol–water partition coefficient (Wildman–Crippen LogP) is 3.76. The minimum Gasteiger partial charge on any atom is -0.497 e. The van der Waals surface area contributed by atoms with Gasteiger partial charge in [0.05, 0.1) is 13.7 Å². The van der Waals surface area contributed by atoms with Crippen LogP contribution in [0.4, 0.5) is 0 Å². The highest BCUT2D eigenvalue weighted by atomic mass is 35.5. The van der Waals surface area contributed by atoms with Crippen molar-refractivity contribution < 1.29 is 14.1 Å². The first-order chi connectivity index (χ1) is 15.1. The third-order valence-electron chi connectivity index (χ3n) is 5.15. The number of aromatic nitrogens is 2. The molecule has 0 atom stereocenters. The number of nitrogens with zero attached hydrogens (tertiary/aromatic N) is 4. The number of rotatable bonds is 6. The van der Waals surface area contributed by atoms with Crippen molar-refractivity contribution in [3.05, 3.63) is 71.1 Å². The molecule has 2 aromatic carbocycles. The van der Waals surface area contributed by atoms with Crippen molar-refractivity contribution in [2.45, 2.75) is 6.54 Å². The summed E-state index contributed by atoms with van der Waals surface area (Å²) in [6.45, 7) is 3.37. The summed E-state index contributed by atoms with van der Waals surface area (Å²) in [4.78, 5) is 21.0. The van der Waals surface area contributed by atoms with Crippen molar-refractivity contribution in [1.82, 2.24) is 19.9 Å². The molecule has 1 amide bonds. The first-order valence-electron chi connectivity index (χ1n) is 10.0. The van der Waals surface area contributed by atoms with E-state index in [2.05, 4.69) is 15.0 Å². The Labute approximate surface area is 185 Å². The van der Waals surface area contributed by atoms with Gasteiger partial charge in [0.25, 0.3) is 0 Å². The second kappa shape index (κ2) is 9.76. The van der Waals surface area contributed by atoms with Crippen molar-refractivity contribution in [3.8, 4) is 17.1 Å². The fraction of sp³-hybridized carbons (Fsp3) is 0.261. The van der Waals surface area contributed by atoms with Crippen LogP contribution in [-0.4, -0.2) is 59.1 Å². The van der Waals surface area contributed by atoms with Crippen LogP contribution in [0.1, 0.15) is 11.5 Å². The normalized spacial score (nSPS) is 14.8. The number of amides is 1. The molecule has 3 aromatic rings. The van der Waals surface area contributed by atoms with E-state index in [-0.39, 0.29) is 5.91 Å². The van der Waals surface area contributed by atoms with Gasteiger partial charge < -0.3 is 14.2 Å². The summed E-state index contributed by atoms with van der Waals surface area (Å²) in [6, 6.07) is 14.9. The first kappa shape index (κ1) is 21.1. The molecule has 0 bridgehead atoms. The topological polar surface area (TPSA) is 71.7 Å². The molecule has 4 rings (SSSR count). The van der Waals surface area contributed by atoms with Crippen LogP contribution in [-0.2, 0) is 11.3 Å². The second-order valence-electron chi connectivity index (χ2n) is 7.23. The van der Waals surface area contributed by atoms with Gasteiger partial charge in [-0.25, -0.2) is 0 Å². The molecule has 160 valence electrons. The van der Waals surface area contributed by atoms with Crippen LogP contribution < -0.4 is 4.74 Å². The Bertz CT molecular complexity index is 1040. The Balaban J connectivity index is 1.27. The number of carbonyl (C=O) groups is 1. The van der Waals surface area contributed by atoms with E-state index in [9.17, 15) is 4.79 Å². The van der Waals surface area contributed by atoms with Gasteiger partial charge in [0, 0.05) is 42.8 Å². The lowest BCUT2D eigenvalue weighted by atomic mass is 10.2. The zero-order valence-corrected chi connectivity index (χ0v) is 18.0. The average molecular weight is 439 g/mol. The van der Waals surface area contributed by atoms with Gasteiger partial charge in [-0.05, 0) is 48.0 Å². The fourth-order valence-electron chi connectivity index (χ4n) is 3.34. The summed E-state index contributed by atoms with van der Waals surface area (Å²) in [6.07, 6.45) is 3.42. The molecule has 7 nitrogen and oxygen atoms in total. The third-order valence-corrected chi connectivity index (χ3v) is 5.40. The Kier molecular flexibility index (Phi) is 6.64. The van der Waals surface area contributed by atoms with Gasteiger partial charge >= 0.3 is 0 Å². The molecule has 0 N–H and O–H groups in total. The van der Waals surface area contributed by atoms with Crippen LogP contribution >= 0.6 is 11.6 Å². The highest BCUT2D eigenvalue weighted by Gasteiger charge is 2.21. The Morgan fingerprint density at radius 3 is 2.48 bits per heavy atom. The van der Waals surface area contributed by atoms with E-state index in [1.807, 2.05) is 59.5 Å². The Morgan fingerprint density at radius 1 is 1.10 bits per heavy atom. The monoisotopic (exact) mass is 438 g/mol. The molecule has 31 heavy (non-hydrogen) atoms. The number of methoxy groups -OCH3 is 1. The number of carbonyl (C=O) groups excluding carboxylic acids is 1. The molecule has 1 saturated heterocycles. The largest absolute Gasteiger partial charge is 0.497 e. The predicted molar refractivity (Wildman–Crippen MR) is 119 cm³/mol. The summed E-state index contributed by atoms with van der Waals surface area (Å²) in [5.41, 5.74) is 1.82. The molecule has 0 unspecified atom stereocenters. The molecule has 1 aliphatic heterocycles. The van der Waals surface area contributed by atoms with E-state index in [1.54, 1.807) is 13.2 Å². The fourth-order valence-corrected chi connectivity index (χ4v) is 3.47. The molecule has 1 fully saturated rings. The molecular formula is C23H23ClN4O3. The number of hydrogen-bond donors (Lipinski definition) is 0. The second-order valence-corrected chi connectivity index (χ2v) is 7.66. The molecule has 0 saturated carbocycles. The molecule has 0 spiro atoms. The standard InChI is InChI=1S/C23H23ClN4O3/c1-30-20-9-5-18(6-10-20)23-25-21(31-26-23)16-27-12-14-28(15-13-27)22(29)11-4-17-2-7-19(24)8-3-17/h2-11H,12-16H2,1H3/b11-4+. The van der Waals surface area contributed by atoms with E-state index in [0.29, 0.717) is 36.4 Å². The van der Waals surface area contributed by atoms with E-state index in [1.165, 1.54) is 0 Å². The maximum atomic E-state index is 12.5. The first-order valence-corrected chi connectivity index (χ1v) is 10.4.